The van der Waals surface area contributed by atoms with Crippen molar-refractivity contribution < 1.29 is 4.79 Å². The number of rotatable bonds is 2. The van der Waals surface area contributed by atoms with Gasteiger partial charge in [-0.2, -0.15) is 5.10 Å². The Bertz CT molecular complexity index is 894. The van der Waals surface area contributed by atoms with Gasteiger partial charge >= 0.3 is 0 Å². The molecular formula is C15H17N7OS. The summed E-state index contributed by atoms with van der Waals surface area (Å²) in [6.07, 6.45) is 5.03. The van der Waals surface area contributed by atoms with E-state index in [9.17, 15) is 4.79 Å². The first kappa shape index (κ1) is 15.0. The van der Waals surface area contributed by atoms with Crippen molar-refractivity contribution in [1.29, 1.82) is 0 Å². The highest BCUT2D eigenvalue weighted by atomic mass is 32.1. The van der Waals surface area contributed by atoms with Crippen molar-refractivity contribution in [2.24, 2.45) is 7.05 Å². The van der Waals surface area contributed by atoms with E-state index >= 15 is 0 Å². The molecule has 0 aliphatic carbocycles. The highest BCUT2D eigenvalue weighted by Gasteiger charge is 2.25. The van der Waals surface area contributed by atoms with Crippen LogP contribution in [0.3, 0.4) is 0 Å². The third kappa shape index (κ3) is 2.50. The highest BCUT2D eigenvalue weighted by Crippen LogP contribution is 2.24. The van der Waals surface area contributed by atoms with Crippen molar-refractivity contribution >= 4 is 34.1 Å². The molecule has 4 rings (SSSR count). The molecule has 9 heteroatoms. The van der Waals surface area contributed by atoms with Gasteiger partial charge in [0.1, 0.15) is 17.0 Å². The van der Waals surface area contributed by atoms with E-state index in [4.69, 9.17) is 0 Å². The minimum Gasteiger partial charge on any atom is -0.352 e. The lowest BCUT2D eigenvalue weighted by molar-refractivity contribution is 0.0751. The maximum Gasteiger partial charge on any atom is 0.265 e. The zero-order valence-electron chi connectivity index (χ0n) is 13.5. The second-order valence-corrected chi connectivity index (χ2v) is 6.96. The van der Waals surface area contributed by atoms with Crippen LogP contribution in [0.5, 0.6) is 0 Å². The van der Waals surface area contributed by atoms with Gasteiger partial charge < -0.3 is 9.80 Å². The lowest BCUT2D eigenvalue weighted by Crippen LogP contribution is -2.49. The van der Waals surface area contributed by atoms with Crippen LogP contribution in [-0.4, -0.2) is 61.7 Å². The van der Waals surface area contributed by atoms with E-state index in [2.05, 4.69) is 25.0 Å². The average Bonchev–Trinajstić information content (AvgIpc) is 3.21. The number of carbonyl (C=O) groups is 1. The fraction of sp³-hybridized carbons (Fsp3) is 0.400. The Morgan fingerprint density at radius 3 is 2.62 bits per heavy atom. The number of hydrogen-bond donors (Lipinski definition) is 0. The van der Waals surface area contributed by atoms with Crippen LogP contribution in [0.1, 0.15) is 14.7 Å². The molecular weight excluding hydrogens is 326 g/mol. The monoisotopic (exact) mass is 343 g/mol. The van der Waals surface area contributed by atoms with Gasteiger partial charge in [-0.3, -0.25) is 9.48 Å². The molecule has 0 spiro atoms. The standard InChI is InChI=1S/C15H17N7OS/c1-10-16-8-12(24-10)15(23)22-5-3-21(4-6-22)14-11-7-19-20(2)13(11)17-9-18-14/h7-9H,3-6H2,1-2H3. The Morgan fingerprint density at radius 1 is 1.12 bits per heavy atom. The van der Waals surface area contributed by atoms with E-state index in [-0.39, 0.29) is 5.91 Å². The molecule has 4 heterocycles. The minimum atomic E-state index is 0.0643. The molecule has 1 saturated heterocycles. The summed E-state index contributed by atoms with van der Waals surface area (Å²) in [7, 11) is 1.87. The van der Waals surface area contributed by atoms with Gasteiger partial charge in [-0.1, -0.05) is 0 Å². The summed E-state index contributed by atoms with van der Waals surface area (Å²) >= 11 is 1.44. The molecule has 1 amide bonds. The first-order chi connectivity index (χ1) is 11.6. The molecule has 0 aromatic carbocycles. The molecule has 1 aliphatic rings. The molecule has 24 heavy (non-hydrogen) atoms. The van der Waals surface area contributed by atoms with Crippen molar-refractivity contribution in [2.45, 2.75) is 6.92 Å². The van der Waals surface area contributed by atoms with Crippen LogP contribution >= 0.6 is 11.3 Å². The van der Waals surface area contributed by atoms with Crippen molar-refractivity contribution in [2.75, 3.05) is 31.1 Å². The fourth-order valence-corrected chi connectivity index (χ4v) is 3.68. The first-order valence-corrected chi connectivity index (χ1v) is 8.54. The first-order valence-electron chi connectivity index (χ1n) is 7.73. The molecule has 0 bridgehead atoms. The Balaban J connectivity index is 1.50. The van der Waals surface area contributed by atoms with E-state index < -0.39 is 0 Å². The third-order valence-corrected chi connectivity index (χ3v) is 5.11. The smallest absolute Gasteiger partial charge is 0.265 e. The molecule has 0 unspecified atom stereocenters. The van der Waals surface area contributed by atoms with Crippen LogP contribution in [0.4, 0.5) is 5.82 Å². The summed E-state index contributed by atoms with van der Waals surface area (Å²) in [4.78, 5) is 30.2. The zero-order chi connectivity index (χ0) is 16.7. The number of piperazine rings is 1. The van der Waals surface area contributed by atoms with E-state index in [1.807, 2.05) is 18.9 Å². The van der Waals surface area contributed by atoms with Gasteiger partial charge in [0.05, 0.1) is 22.8 Å². The predicted octanol–water partition coefficient (Wildman–Crippen LogP) is 1.09. The van der Waals surface area contributed by atoms with Crippen LogP contribution in [-0.2, 0) is 7.05 Å². The SMILES string of the molecule is Cc1ncc(C(=O)N2CCN(c3ncnc4c3cnn4C)CC2)s1. The lowest BCUT2D eigenvalue weighted by atomic mass is 10.2. The topological polar surface area (TPSA) is 80.0 Å². The van der Waals surface area contributed by atoms with Crippen molar-refractivity contribution in [3.8, 4) is 0 Å². The zero-order valence-corrected chi connectivity index (χ0v) is 14.3. The quantitative estimate of drug-likeness (QED) is 0.693. The number of fused-ring (bicyclic) bond motifs is 1. The average molecular weight is 343 g/mol. The maximum absolute atomic E-state index is 12.5. The Morgan fingerprint density at radius 2 is 1.92 bits per heavy atom. The lowest BCUT2D eigenvalue weighted by Gasteiger charge is -2.35. The summed E-state index contributed by atoms with van der Waals surface area (Å²) in [6, 6.07) is 0. The summed E-state index contributed by atoms with van der Waals surface area (Å²) < 4.78 is 1.74. The molecule has 0 saturated carbocycles. The molecule has 1 aliphatic heterocycles. The molecule has 3 aromatic rings. The van der Waals surface area contributed by atoms with E-state index in [0.29, 0.717) is 18.0 Å². The number of amides is 1. The molecule has 0 atom stereocenters. The molecule has 8 nitrogen and oxygen atoms in total. The van der Waals surface area contributed by atoms with Gasteiger partial charge in [0, 0.05) is 33.2 Å². The van der Waals surface area contributed by atoms with Crippen LogP contribution in [0.25, 0.3) is 11.0 Å². The van der Waals surface area contributed by atoms with Crippen molar-refractivity contribution in [3.63, 3.8) is 0 Å². The Kier molecular flexibility index (Phi) is 3.64. The number of thiazole rings is 1. The van der Waals surface area contributed by atoms with Gasteiger partial charge in [-0.25, -0.2) is 15.0 Å². The molecule has 3 aromatic heterocycles. The normalized spacial score (nSPS) is 15.2. The third-order valence-electron chi connectivity index (χ3n) is 4.21. The van der Waals surface area contributed by atoms with Crippen molar-refractivity contribution in [3.05, 3.63) is 28.6 Å². The minimum absolute atomic E-state index is 0.0643. The second-order valence-electron chi connectivity index (χ2n) is 5.73. The van der Waals surface area contributed by atoms with Crippen molar-refractivity contribution in [1.82, 2.24) is 29.6 Å². The summed E-state index contributed by atoms with van der Waals surface area (Å²) in [5.41, 5.74) is 0.818. The molecule has 1 fully saturated rings. The number of carbonyl (C=O) groups excluding carboxylic acids is 1. The summed E-state index contributed by atoms with van der Waals surface area (Å²) in [5.74, 6) is 0.947. The van der Waals surface area contributed by atoms with E-state index in [0.717, 1.165) is 34.9 Å². The molecule has 0 radical (unpaired) electrons. The number of anilines is 1. The fourth-order valence-electron chi connectivity index (χ4n) is 2.94. The maximum atomic E-state index is 12.5. The van der Waals surface area contributed by atoms with Crippen LogP contribution in [0.2, 0.25) is 0 Å². The summed E-state index contributed by atoms with van der Waals surface area (Å²) in [5, 5.41) is 6.11. The van der Waals surface area contributed by atoms with Gasteiger partial charge in [0.15, 0.2) is 5.65 Å². The number of hydrogen-bond acceptors (Lipinski definition) is 7. The van der Waals surface area contributed by atoms with Crippen LogP contribution < -0.4 is 4.90 Å². The number of aromatic nitrogens is 5. The van der Waals surface area contributed by atoms with Gasteiger partial charge in [0.25, 0.3) is 5.91 Å². The summed E-state index contributed by atoms with van der Waals surface area (Å²) in [6.45, 7) is 4.73. The van der Waals surface area contributed by atoms with E-state index in [1.165, 1.54) is 11.3 Å². The largest absolute Gasteiger partial charge is 0.352 e. The predicted molar refractivity (Wildman–Crippen MR) is 91.3 cm³/mol. The van der Waals surface area contributed by atoms with Crippen LogP contribution in [0, 0.1) is 6.92 Å². The van der Waals surface area contributed by atoms with E-state index in [1.54, 1.807) is 23.4 Å². The second kappa shape index (κ2) is 5.82. The van der Waals surface area contributed by atoms with Crippen LogP contribution in [0.15, 0.2) is 18.7 Å². The number of nitrogens with zero attached hydrogens (tertiary/aromatic N) is 7. The van der Waals surface area contributed by atoms with Gasteiger partial charge in [-0.15, -0.1) is 11.3 Å². The highest BCUT2D eigenvalue weighted by molar-refractivity contribution is 7.13. The Hall–Kier alpha value is -2.55. The van der Waals surface area contributed by atoms with Gasteiger partial charge in [-0.05, 0) is 6.92 Å². The molecule has 0 N–H and O–H groups in total. The number of aryl methyl sites for hydroxylation is 2. The molecule has 124 valence electrons. The van der Waals surface area contributed by atoms with Gasteiger partial charge in [0.2, 0.25) is 0 Å². The Labute approximate surface area is 142 Å².